The van der Waals surface area contributed by atoms with Crippen LogP contribution in [-0.2, 0) is 65.6 Å². The van der Waals surface area contributed by atoms with Crippen LogP contribution in [0.5, 0.6) is 0 Å². The van der Waals surface area contributed by atoms with Gasteiger partial charge in [-0.15, -0.1) is 0 Å². The largest absolute Gasteiger partial charge is 0.510 e. The van der Waals surface area contributed by atoms with Crippen molar-refractivity contribution in [2.45, 2.75) is 90.3 Å². The summed E-state index contributed by atoms with van der Waals surface area (Å²) in [5.74, 6) is -1.01. The number of pyridine rings is 2. The standard InChI is InChI=1S/C41H50N6O9S/c1-6-41(56-40(51)55-23-26-14-16-27(17-15-26)44-37(48)34(43-4)13-9-10-19-42)32-21-35-36-30(22-46(35)38(49)31(32)24-54-39(41)50)28(29-11-7-8-12-33(29)45-36)18-20-47(25(2)3)57(5,52)53/h7-8,11-12,14-17,21,25,34,43H,6,9-10,13,18-20,22-24,42H2,1-5H3,(H,44,48)/t34-,41-/m0/s1. The van der Waals surface area contributed by atoms with Gasteiger partial charge in [-0.1, -0.05) is 43.7 Å². The molecule has 0 radical (unpaired) electrons. The van der Waals surface area contributed by atoms with Gasteiger partial charge >= 0.3 is 12.1 Å². The number of aromatic nitrogens is 2. The summed E-state index contributed by atoms with van der Waals surface area (Å²) >= 11 is 0. The minimum absolute atomic E-state index is 0.0508. The van der Waals surface area contributed by atoms with E-state index in [-0.39, 0.29) is 61.8 Å². The number of carbonyl (C=O) groups is 3. The van der Waals surface area contributed by atoms with E-state index in [4.69, 9.17) is 24.9 Å². The van der Waals surface area contributed by atoms with Gasteiger partial charge in [-0.25, -0.2) is 23.0 Å². The van der Waals surface area contributed by atoms with E-state index in [2.05, 4.69) is 10.6 Å². The van der Waals surface area contributed by atoms with Crippen molar-refractivity contribution in [2.75, 3.05) is 31.7 Å². The number of rotatable bonds is 16. The van der Waals surface area contributed by atoms with Crippen LogP contribution in [0.15, 0.2) is 59.4 Å². The van der Waals surface area contributed by atoms with Crippen molar-refractivity contribution >= 4 is 44.6 Å². The quantitative estimate of drug-likeness (QED) is 0.0945. The first-order valence-electron chi connectivity index (χ1n) is 19.2. The highest BCUT2D eigenvalue weighted by Crippen LogP contribution is 2.42. The number of nitrogens with zero attached hydrogens (tertiary/aromatic N) is 3. The topological polar surface area (TPSA) is 201 Å². The summed E-state index contributed by atoms with van der Waals surface area (Å²) in [5.41, 5.74) is 8.00. The second kappa shape index (κ2) is 17.1. The minimum atomic E-state index is -3.49. The second-order valence-corrected chi connectivity index (χ2v) is 16.6. The molecule has 6 rings (SSSR count). The second-order valence-electron chi connectivity index (χ2n) is 14.7. The molecule has 0 saturated carbocycles. The van der Waals surface area contributed by atoms with E-state index in [1.807, 2.05) is 38.1 Å². The lowest BCUT2D eigenvalue weighted by Gasteiger charge is -2.35. The van der Waals surface area contributed by atoms with E-state index in [9.17, 15) is 27.6 Å². The van der Waals surface area contributed by atoms with Gasteiger partial charge in [-0.05, 0) is 88.5 Å². The van der Waals surface area contributed by atoms with Crippen molar-refractivity contribution in [3.63, 3.8) is 0 Å². The first-order valence-corrected chi connectivity index (χ1v) is 21.0. The Labute approximate surface area is 331 Å². The zero-order chi connectivity index (χ0) is 41.1. The maximum absolute atomic E-state index is 14.2. The Morgan fingerprint density at radius 2 is 1.82 bits per heavy atom. The zero-order valence-corrected chi connectivity index (χ0v) is 33.7. The molecule has 0 unspecified atom stereocenters. The van der Waals surface area contributed by atoms with Gasteiger partial charge in [-0.3, -0.25) is 9.59 Å². The zero-order valence-electron chi connectivity index (χ0n) is 32.9. The van der Waals surface area contributed by atoms with Gasteiger partial charge in [0.2, 0.25) is 21.5 Å². The van der Waals surface area contributed by atoms with E-state index in [1.165, 1.54) is 10.6 Å². The van der Waals surface area contributed by atoms with Crippen molar-refractivity contribution in [1.82, 2.24) is 19.2 Å². The molecular weight excluding hydrogens is 753 g/mol. The number of anilines is 1. The number of unbranched alkanes of at least 4 members (excludes halogenated alkanes) is 1. The van der Waals surface area contributed by atoms with Gasteiger partial charge in [0.15, 0.2) is 0 Å². The van der Waals surface area contributed by atoms with Crippen LogP contribution in [0.1, 0.15) is 74.3 Å². The van der Waals surface area contributed by atoms with E-state index >= 15 is 0 Å². The summed E-state index contributed by atoms with van der Waals surface area (Å²) in [5, 5.41) is 6.75. The van der Waals surface area contributed by atoms with Crippen LogP contribution in [0, 0.1) is 0 Å². The maximum atomic E-state index is 14.2. The van der Waals surface area contributed by atoms with Crippen LogP contribution in [0.25, 0.3) is 22.3 Å². The molecule has 2 aliphatic heterocycles. The summed E-state index contributed by atoms with van der Waals surface area (Å²) < 4.78 is 45.1. The highest BCUT2D eigenvalue weighted by atomic mass is 32.2. The summed E-state index contributed by atoms with van der Waals surface area (Å²) in [4.78, 5) is 58.8. The third-order valence-corrected chi connectivity index (χ3v) is 12.2. The number of sulfonamides is 1. The number of nitrogens with one attached hydrogen (secondary N) is 2. The molecule has 2 aromatic heterocycles. The number of para-hydroxylation sites is 1. The van der Waals surface area contributed by atoms with Crippen LogP contribution in [0.2, 0.25) is 0 Å². The number of esters is 1. The molecule has 304 valence electrons. The normalized spacial score (nSPS) is 16.5. The van der Waals surface area contributed by atoms with E-state index in [1.54, 1.807) is 48.9 Å². The van der Waals surface area contributed by atoms with Gasteiger partial charge in [-0.2, -0.15) is 4.31 Å². The summed E-state index contributed by atoms with van der Waals surface area (Å²) in [6.07, 6.45) is 2.68. The molecule has 16 heteroatoms. The SMILES string of the molecule is CC[C@@]1(OC(=O)OCc2ccc(NC(=O)[C@H](CCCCN)NC)cc2)C(=O)OCc2c1cc1n(c2=O)Cc2c-1nc1ccccc1c2CCN(C(C)C)S(C)(=O)=O. The van der Waals surface area contributed by atoms with Gasteiger partial charge in [0.05, 0.1) is 41.3 Å². The van der Waals surface area contributed by atoms with Crippen LogP contribution in [0.3, 0.4) is 0 Å². The number of nitrogens with two attached hydrogens (primary N) is 1. The van der Waals surface area contributed by atoms with Crippen LogP contribution < -0.4 is 21.9 Å². The Hall–Kier alpha value is -5.16. The molecule has 57 heavy (non-hydrogen) atoms. The molecule has 0 saturated heterocycles. The molecule has 0 aliphatic carbocycles. The molecule has 2 atom stereocenters. The summed E-state index contributed by atoms with van der Waals surface area (Å²) in [6.45, 7) is 5.76. The lowest BCUT2D eigenvalue weighted by Crippen LogP contribution is -2.47. The smallest absolute Gasteiger partial charge is 0.457 e. The molecular formula is C41H50N6O9S. The number of benzene rings is 2. The van der Waals surface area contributed by atoms with E-state index < -0.39 is 33.3 Å². The fourth-order valence-corrected chi connectivity index (χ4v) is 8.90. The van der Waals surface area contributed by atoms with Gasteiger partial charge in [0, 0.05) is 34.8 Å². The van der Waals surface area contributed by atoms with Crippen molar-refractivity contribution in [1.29, 1.82) is 0 Å². The average Bonchev–Trinajstić information content (AvgIpc) is 3.55. The average molecular weight is 803 g/mol. The predicted molar refractivity (Wildman–Crippen MR) is 215 cm³/mol. The molecule has 2 aromatic carbocycles. The Bertz CT molecular complexity index is 2350. The van der Waals surface area contributed by atoms with Gasteiger partial charge in [0.1, 0.15) is 13.2 Å². The fraction of sp³-hybridized carbons (Fsp3) is 0.439. The monoisotopic (exact) mass is 802 g/mol. The predicted octanol–water partition coefficient (Wildman–Crippen LogP) is 4.31. The third kappa shape index (κ3) is 8.44. The Morgan fingerprint density at radius 3 is 2.49 bits per heavy atom. The maximum Gasteiger partial charge on any atom is 0.510 e. The number of likely N-dealkylation sites (N-methyl/N-ethyl adjacent to an activating group) is 1. The first kappa shape index (κ1) is 41.5. The number of hydrogen-bond acceptors (Lipinski definition) is 12. The lowest BCUT2D eigenvalue weighted by atomic mass is 9.85. The molecule has 1 amide bonds. The number of fused-ring (bicyclic) bond motifs is 5. The van der Waals surface area contributed by atoms with Gasteiger partial charge < -0.3 is 35.1 Å². The molecule has 0 fully saturated rings. The lowest BCUT2D eigenvalue weighted by molar-refractivity contribution is -0.175. The Kier molecular flexibility index (Phi) is 12.5. The van der Waals surface area contributed by atoms with Crippen molar-refractivity contribution < 1.29 is 37.0 Å². The van der Waals surface area contributed by atoms with Gasteiger partial charge in [0.25, 0.3) is 5.56 Å². The summed E-state index contributed by atoms with van der Waals surface area (Å²) in [6, 6.07) is 15.4. The molecule has 2 aliphatic rings. The highest BCUT2D eigenvalue weighted by molar-refractivity contribution is 7.88. The number of carbonyl (C=O) groups excluding carboxylic acids is 3. The van der Waals surface area contributed by atoms with Crippen molar-refractivity contribution in [3.05, 3.63) is 92.8 Å². The third-order valence-electron chi connectivity index (χ3n) is 10.7. The van der Waals surface area contributed by atoms with Crippen molar-refractivity contribution in [3.8, 4) is 11.4 Å². The van der Waals surface area contributed by atoms with Crippen LogP contribution >= 0.6 is 0 Å². The first-order chi connectivity index (χ1) is 27.2. The molecule has 0 bridgehead atoms. The fourth-order valence-electron chi connectivity index (χ4n) is 7.71. The molecule has 4 aromatic rings. The number of amides is 1. The van der Waals surface area contributed by atoms with Crippen LogP contribution in [0.4, 0.5) is 10.5 Å². The van der Waals surface area contributed by atoms with Crippen LogP contribution in [-0.4, -0.2) is 78.8 Å². The van der Waals surface area contributed by atoms with E-state index in [0.29, 0.717) is 47.5 Å². The number of ether oxygens (including phenoxy) is 3. The molecule has 0 spiro atoms. The van der Waals surface area contributed by atoms with E-state index in [0.717, 1.165) is 29.4 Å². The Balaban J connectivity index is 1.25. The Morgan fingerprint density at radius 1 is 1.09 bits per heavy atom. The number of hydrogen-bond donors (Lipinski definition) is 3. The van der Waals surface area contributed by atoms with Crippen molar-refractivity contribution in [2.24, 2.45) is 5.73 Å². The molecule has 15 nitrogen and oxygen atoms in total. The highest BCUT2D eigenvalue weighted by Gasteiger charge is 2.51. The minimum Gasteiger partial charge on any atom is -0.457 e. The molecule has 4 N–H and O–H groups in total. The number of cyclic esters (lactones) is 1. The molecule has 4 heterocycles. The summed E-state index contributed by atoms with van der Waals surface area (Å²) in [7, 11) is -1.76.